The Bertz CT molecular complexity index is 1410. The van der Waals surface area contributed by atoms with Crippen molar-refractivity contribution in [3.05, 3.63) is 81.0 Å². The lowest BCUT2D eigenvalue weighted by Crippen LogP contribution is -2.48. The highest BCUT2D eigenvalue weighted by molar-refractivity contribution is 8.26. The summed E-state index contributed by atoms with van der Waals surface area (Å²) in [4.78, 5) is 33.9. The number of para-hydroxylation sites is 1. The first-order valence-corrected chi connectivity index (χ1v) is 13.8. The lowest BCUT2D eigenvalue weighted by atomic mass is 10.0. The van der Waals surface area contributed by atoms with Crippen LogP contribution in [0.5, 0.6) is 0 Å². The largest absolute Gasteiger partial charge is 0.395 e. The third-order valence-electron chi connectivity index (χ3n) is 6.93. The molecule has 0 radical (unpaired) electrons. The SMILES string of the molecule is CCn1c(=O)c(C=C2SC(=S)N(Cc3ccccc3)C2=O)c(N2CCN(CCO)CC2)c2ccccc21. The average molecular weight is 535 g/mol. The Morgan fingerprint density at radius 2 is 1.70 bits per heavy atom. The Hall–Kier alpha value is -2.98. The number of aromatic nitrogens is 1. The molecule has 0 bridgehead atoms. The molecule has 1 aromatic heterocycles. The topological polar surface area (TPSA) is 69.0 Å². The van der Waals surface area contributed by atoms with Gasteiger partial charge in [0, 0.05) is 44.7 Å². The molecule has 2 saturated heterocycles. The number of hydrogen-bond donors (Lipinski definition) is 1. The number of piperazine rings is 1. The van der Waals surface area contributed by atoms with Gasteiger partial charge in [-0.15, -0.1) is 0 Å². The molecule has 3 aromatic rings. The smallest absolute Gasteiger partial charge is 0.266 e. The van der Waals surface area contributed by atoms with Crippen LogP contribution in [-0.2, 0) is 17.9 Å². The Labute approximate surface area is 226 Å². The van der Waals surface area contributed by atoms with Crippen LogP contribution in [0.2, 0.25) is 0 Å². The van der Waals surface area contributed by atoms with Crippen LogP contribution in [-0.4, -0.2) is 69.0 Å². The van der Waals surface area contributed by atoms with Crippen LogP contribution in [0.3, 0.4) is 0 Å². The monoisotopic (exact) mass is 534 g/mol. The molecule has 2 fully saturated rings. The van der Waals surface area contributed by atoms with Crippen molar-refractivity contribution in [2.75, 3.05) is 44.2 Å². The number of rotatable bonds is 7. The number of nitrogens with zero attached hydrogens (tertiary/aromatic N) is 4. The van der Waals surface area contributed by atoms with Crippen LogP contribution in [0.1, 0.15) is 18.1 Å². The van der Waals surface area contributed by atoms with Gasteiger partial charge in [-0.2, -0.15) is 0 Å². The maximum absolute atomic E-state index is 13.9. The second-order valence-corrected chi connectivity index (χ2v) is 10.8. The molecule has 192 valence electrons. The normalized spacial score (nSPS) is 17.9. The average Bonchev–Trinajstić information content (AvgIpc) is 3.18. The summed E-state index contributed by atoms with van der Waals surface area (Å²) in [7, 11) is 0. The number of amides is 1. The fraction of sp³-hybridized carbons (Fsp3) is 0.321. The highest BCUT2D eigenvalue weighted by atomic mass is 32.2. The van der Waals surface area contributed by atoms with Crippen LogP contribution in [0.4, 0.5) is 5.69 Å². The summed E-state index contributed by atoms with van der Waals surface area (Å²) < 4.78 is 2.27. The zero-order valence-electron chi connectivity index (χ0n) is 20.8. The van der Waals surface area contributed by atoms with E-state index >= 15 is 0 Å². The maximum atomic E-state index is 13.9. The van der Waals surface area contributed by atoms with E-state index in [0.29, 0.717) is 34.4 Å². The maximum Gasteiger partial charge on any atom is 0.266 e. The van der Waals surface area contributed by atoms with Crippen LogP contribution in [0.15, 0.2) is 64.3 Å². The number of fused-ring (bicyclic) bond motifs is 1. The molecule has 0 unspecified atom stereocenters. The fourth-order valence-electron chi connectivity index (χ4n) is 5.07. The third kappa shape index (κ3) is 5.09. The predicted molar refractivity (Wildman–Crippen MR) is 155 cm³/mol. The van der Waals surface area contributed by atoms with Crippen molar-refractivity contribution >= 4 is 56.9 Å². The fourth-order valence-corrected chi connectivity index (χ4v) is 6.30. The van der Waals surface area contributed by atoms with Gasteiger partial charge < -0.3 is 14.6 Å². The van der Waals surface area contributed by atoms with Gasteiger partial charge in [-0.3, -0.25) is 19.4 Å². The summed E-state index contributed by atoms with van der Waals surface area (Å²) in [6.45, 7) is 6.72. The number of carbonyl (C=O) groups excluding carboxylic acids is 1. The Morgan fingerprint density at radius 3 is 2.41 bits per heavy atom. The number of thioether (sulfide) groups is 1. The van der Waals surface area contributed by atoms with E-state index in [1.54, 1.807) is 15.5 Å². The van der Waals surface area contributed by atoms with E-state index in [2.05, 4.69) is 9.80 Å². The van der Waals surface area contributed by atoms with Crippen molar-refractivity contribution in [2.24, 2.45) is 0 Å². The standard InChI is InChI=1S/C28H30N4O3S2/c1-2-31-23-11-7-6-10-21(23)25(30-14-12-29(13-15-30)16-17-33)22(26(31)34)18-24-27(35)32(28(36)37-24)19-20-8-4-3-5-9-20/h3-11,18,33H,2,12-17,19H2,1H3. The lowest BCUT2D eigenvalue weighted by molar-refractivity contribution is -0.122. The Balaban J connectivity index is 1.58. The highest BCUT2D eigenvalue weighted by Gasteiger charge is 2.33. The number of aliphatic hydroxyl groups is 1. The number of β-amino-alcohol motifs (C(OH)–C–C–N with tert-alkyl or cyclic N) is 1. The number of anilines is 1. The van der Waals surface area contributed by atoms with Gasteiger partial charge in [0.25, 0.3) is 11.5 Å². The van der Waals surface area contributed by atoms with Gasteiger partial charge in [0.15, 0.2) is 0 Å². The van der Waals surface area contributed by atoms with Crippen LogP contribution >= 0.6 is 24.0 Å². The summed E-state index contributed by atoms with van der Waals surface area (Å²) in [6.07, 6.45) is 1.75. The van der Waals surface area contributed by atoms with Crippen molar-refractivity contribution in [1.82, 2.24) is 14.4 Å². The predicted octanol–water partition coefficient (Wildman–Crippen LogP) is 3.54. The molecule has 9 heteroatoms. The minimum atomic E-state index is -0.173. The van der Waals surface area contributed by atoms with E-state index < -0.39 is 0 Å². The first-order valence-electron chi connectivity index (χ1n) is 12.5. The quantitative estimate of drug-likeness (QED) is 0.367. The summed E-state index contributed by atoms with van der Waals surface area (Å²) >= 11 is 6.82. The molecular weight excluding hydrogens is 504 g/mol. The number of pyridine rings is 1. The summed E-state index contributed by atoms with van der Waals surface area (Å²) in [6, 6.07) is 17.7. The van der Waals surface area contributed by atoms with Gasteiger partial charge in [0.2, 0.25) is 0 Å². The third-order valence-corrected chi connectivity index (χ3v) is 8.31. The van der Waals surface area contributed by atoms with Crippen LogP contribution in [0.25, 0.3) is 17.0 Å². The van der Waals surface area contributed by atoms with Crippen molar-refractivity contribution < 1.29 is 9.90 Å². The van der Waals surface area contributed by atoms with E-state index in [9.17, 15) is 14.7 Å². The van der Waals surface area contributed by atoms with Crippen molar-refractivity contribution in [3.63, 3.8) is 0 Å². The molecule has 2 aromatic carbocycles. The number of aliphatic hydroxyl groups excluding tert-OH is 1. The van der Waals surface area contributed by atoms with E-state index in [-0.39, 0.29) is 18.1 Å². The second kappa shape index (κ2) is 11.2. The molecule has 0 spiro atoms. The van der Waals surface area contributed by atoms with Gasteiger partial charge in [-0.05, 0) is 24.6 Å². The van der Waals surface area contributed by atoms with Crippen molar-refractivity contribution in [2.45, 2.75) is 20.0 Å². The van der Waals surface area contributed by atoms with Crippen LogP contribution in [0, 0.1) is 0 Å². The minimum Gasteiger partial charge on any atom is -0.395 e. The molecule has 1 N–H and O–H groups in total. The summed E-state index contributed by atoms with van der Waals surface area (Å²) in [5.74, 6) is -0.173. The number of aryl methyl sites for hydroxylation is 1. The van der Waals surface area contributed by atoms with E-state index in [1.165, 1.54) is 11.8 Å². The number of hydrogen-bond acceptors (Lipinski definition) is 7. The first kappa shape index (κ1) is 25.7. The molecule has 0 atom stereocenters. The number of thiocarbonyl (C=S) groups is 1. The van der Waals surface area contributed by atoms with Gasteiger partial charge in [-0.25, -0.2) is 0 Å². The molecule has 5 rings (SSSR count). The number of benzene rings is 2. The van der Waals surface area contributed by atoms with Gasteiger partial charge in [0.1, 0.15) is 4.32 Å². The Kier molecular flexibility index (Phi) is 7.76. The van der Waals surface area contributed by atoms with E-state index in [1.807, 2.05) is 61.5 Å². The van der Waals surface area contributed by atoms with Gasteiger partial charge >= 0.3 is 0 Å². The highest BCUT2D eigenvalue weighted by Crippen LogP contribution is 2.37. The molecule has 2 aliphatic rings. The summed E-state index contributed by atoms with van der Waals surface area (Å²) in [5, 5.41) is 10.3. The molecule has 2 aliphatic heterocycles. The Morgan fingerprint density at radius 1 is 1.00 bits per heavy atom. The molecule has 0 saturated carbocycles. The van der Waals surface area contributed by atoms with E-state index in [0.717, 1.165) is 48.3 Å². The minimum absolute atomic E-state index is 0.109. The van der Waals surface area contributed by atoms with Crippen molar-refractivity contribution in [3.8, 4) is 0 Å². The molecular formula is C28H30N4O3S2. The summed E-state index contributed by atoms with van der Waals surface area (Å²) in [5.41, 5.74) is 3.16. The molecule has 0 aliphatic carbocycles. The first-order chi connectivity index (χ1) is 18.0. The van der Waals surface area contributed by atoms with Gasteiger partial charge in [-0.1, -0.05) is 72.5 Å². The second-order valence-electron chi connectivity index (χ2n) is 9.13. The van der Waals surface area contributed by atoms with E-state index in [4.69, 9.17) is 12.2 Å². The zero-order valence-corrected chi connectivity index (χ0v) is 22.4. The zero-order chi connectivity index (χ0) is 25.9. The molecule has 7 nitrogen and oxygen atoms in total. The van der Waals surface area contributed by atoms with Crippen LogP contribution < -0.4 is 10.5 Å². The molecule has 37 heavy (non-hydrogen) atoms. The van der Waals surface area contributed by atoms with Crippen molar-refractivity contribution in [1.29, 1.82) is 0 Å². The molecule has 3 heterocycles. The van der Waals surface area contributed by atoms with Gasteiger partial charge in [0.05, 0.1) is 34.8 Å². The molecule has 1 amide bonds. The number of carbonyl (C=O) groups is 1. The lowest BCUT2D eigenvalue weighted by Gasteiger charge is -2.37.